The highest BCUT2D eigenvalue weighted by Crippen LogP contribution is 2.12. The van der Waals surface area contributed by atoms with Gasteiger partial charge >= 0.3 is 0 Å². The maximum absolute atomic E-state index is 9.07. The van der Waals surface area contributed by atoms with Gasteiger partial charge in [0.2, 0.25) is 5.89 Å². The van der Waals surface area contributed by atoms with Gasteiger partial charge in [-0.05, 0) is 18.1 Å². The molecule has 6 nitrogen and oxygen atoms in total. The number of piperazine rings is 1. The third-order valence-electron chi connectivity index (χ3n) is 4.01. The van der Waals surface area contributed by atoms with Crippen LogP contribution in [0.2, 0.25) is 0 Å². The van der Waals surface area contributed by atoms with Gasteiger partial charge in [-0.3, -0.25) is 9.80 Å². The van der Waals surface area contributed by atoms with E-state index in [1.165, 1.54) is 5.56 Å². The summed E-state index contributed by atoms with van der Waals surface area (Å²) in [5.74, 6) is 1.39. The Morgan fingerprint density at radius 1 is 1.00 bits per heavy atom. The van der Waals surface area contributed by atoms with Crippen molar-refractivity contribution in [2.24, 2.45) is 0 Å². The van der Waals surface area contributed by atoms with Crippen molar-refractivity contribution in [3.63, 3.8) is 0 Å². The van der Waals surface area contributed by atoms with Gasteiger partial charge in [-0.1, -0.05) is 29.4 Å². The molecule has 0 atom stereocenters. The van der Waals surface area contributed by atoms with Crippen molar-refractivity contribution in [1.29, 1.82) is 0 Å². The van der Waals surface area contributed by atoms with Crippen molar-refractivity contribution in [2.45, 2.75) is 26.6 Å². The number of aliphatic hydroxyl groups excluding tert-OH is 1. The number of aromatic nitrogens is 2. The summed E-state index contributed by atoms with van der Waals surface area (Å²) in [5, 5.41) is 12.9. The number of hydrogen-bond acceptors (Lipinski definition) is 6. The first-order chi connectivity index (χ1) is 10.7. The molecule has 0 unspecified atom stereocenters. The molecule has 3 rings (SSSR count). The van der Waals surface area contributed by atoms with Crippen molar-refractivity contribution in [3.05, 3.63) is 47.1 Å². The van der Waals surface area contributed by atoms with Crippen LogP contribution in [0.15, 0.2) is 28.8 Å². The molecule has 0 spiro atoms. The fraction of sp³-hybridized carbons (Fsp3) is 0.500. The maximum Gasteiger partial charge on any atom is 0.240 e. The van der Waals surface area contributed by atoms with Crippen LogP contribution in [0.3, 0.4) is 0 Å². The largest absolute Gasteiger partial charge is 0.392 e. The minimum Gasteiger partial charge on any atom is -0.392 e. The highest BCUT2D eigenvalue weighted by atomic mass is 16.5. The summed E-state index contributed by atoms with van der Waals surface area (Å²) in [6.45, 7) is 7.73. The Bertz CT molecular complexity index is 588. The Balaban J connectivity index is 1.46. The molecule has 1 aromatic carbocycles. The van der Waals surface area contributed by atoms with Crippen LogP contribution in [0.25, 0.3) is 0 Å². The second-order valence-electron chi connectivity index (χ2n) is 5.76. The Morgan fingerprint density at radius 2 is 1.59 bits per heavy atom. The van der Waals surface area contributed by atoms with E-state index in [2.05, 4.69) is 32.1 Å². The second-order valence-corrected chi connectivity index (χ2v) is 5.76. The zero-order valence-corrected chi connectivity index (χ0v) is 12.9. The van der Waals surface area contributed by atoms with Gasteiger partial charge in [-0.25, -0.2) is 0 Å². The number of rotatable bonds is 5. The lowest BCUT2D eigenvalue weighted by Crippen LogP contribution is -2.45. The first-order valence-electron chi connectivity index (χ1n) is 7.65. The molecule has 1 aliphatic heterocycles. The topological polar surface area (TPSA) is 65.6 Å². The Hall–Kier alpha value is -1.76. The van der Waals surface area contributed by atoms with Crippen LogP contribution < -0.4 is 0 Å². The molecule has 1 N–H and O–H groups in total. The van der Waals surface area contributed by atoms with Gasteiger partial charge in [0.15, 0.2) is 5.82 Å². The van der Waals surface area contributed by atoms with E-state index < -0.39 is 0 Å². The zero-order valence-electron chi connectivity index (χ0n) is 12.9. The molecule has 0 bridgehead atoms. The van der Waals surface area contributed by atoms with E-state index in [-0.39, 0.29) is 6.61 Å². The number of aliphatic hydroxyl groups is 1. The Labute approximate surface area is 130 Å². The normalized spacial score (nSPS) is 17.0. The monoisotopic (exact) mass is 302 g/mol. The van der Waals surface area contributed by atoms with Crippen LogP contribution in [0.4, 0.5) is 0 Å². The molecule has 22 heavy (non-hydrogen) atoms. The van der Waals surface area contributed by atoms with Crippen molar-refractivity contribution in [1.82, 2.24) is 19.9 Å². The smallest absolute Gasteiger partial charge is 0.240 e. The first kappa shape index (κ1) is 15.1. The quantitative estimate of drug-likeness (QED) is 0.895. The number of hydrogen-bond donors (Lipinski definition) is 1. The van der Waals surface area contributed by atoms with Gasteiger partial charge in [0.05, 0.1) is 13.2 Å². The van der Waals surface area contributed by atoms with Crippen LogP contribution >= 0.6 is 0 Å². The molecule has 1 saturated heterocycles. The SMILES string of the molecule is Cc1noc(CN2CCN(Cc3ccc(CO)cc3)CC2)n1. The lowest BCUT2D eigenvalue weighted by atomic mass is 10.1. The van der Waals surface area contributed by atoms with E-state index in [9.17, 15) is 0 Å². The lowest BCUT2D eigenvalue weighted by Gasteiger charge is -2.33. The lowest BCUT2D eigenvalue weighted by molar-refractivity contribution is 0.112. The minimum absolute atomic E-state index is 0.105. The molecule has 1 aliphatic rings. The van der Waals surface area contributed by atoms with Crippen molar-refractivity contribution in [3.8, 4) is 0 Å². The van der Waals surface area contributed by atoms with Crippen LogP contribution in [0.5, 0.6) is 0 Å². The average Bonchev–Trinajstić information content (AvgIpc) is 2.95. The molecule has 0 radical (unpaired) electrons. The molecule has 118 valence electrons. The molecular formula is C16H22N4O2. The molecule has 1 aromatic heterocycles. The Kier molecular flexibility index (Phi) is 4.82. The second kappa shape index (κ2) is 7.00. The highest BCUT2D eigenvalue weighted by molar-refractivity contribution is 5.21. The third kappa shape index (κ3) is 3.91. The average molecular weight is 302 g/mol. The van der Waals surface area contributed by atoms with Gasteiger partial charge in [-0.2, -0.15) is 4.98 Å². The standard InChI is InChI=1S/C16H22N4O2/c1-13-17-16(22-18-13)11-20-8-6-19(7-9-20)10-14-2-4-15(12-21)5-3-14/h2-5,21H,6-12H2,1H3. The van der Waals surface area contributed by atoms with Crippen LogP contribution in [0, 0.1) is 6.92 Å². The van der Waals surface area contributed by atoms with Gasteiger partial charge < -0.3 is 9.63 Å². The van der Waals surface area contributed by atoms with Crippen molar-refractivity contribution < 1.29 is 9.63 Å². The minimum atomic E-state index is 0.105. The summed E-state index contributed by atoms with van der Waals surface area (Å²) >= 11 is 0. The zero-order chi connectivity index (χ0) is 15.4. The van der Waals surface area contributed by atoms with Crippen LogP contribution in [-0.2, 0) is 19.7 Å². The summed E-state index contributed by atoms with van der Waals surface area (Å²) in [7, 11) is 0. The summed E-state index contributed by atoms with van der Waals surface area (Å²) in [5.41, 5.74) is 2.25. The van der Waals surface area contributed by atoms with Crippen molar-refractivity contribution >= 4 is 0 Å². The predicted octanol–water partition coefficient (Wildman–Crippen LogP) is 1.19. The van der Waals surface area contributed by atoms with Gasteiger partial charge in [0.25, 0.3) is 0 Å². The summed E-state index contributed by atoms with van der Waals surface area (Å²) in [6.07, 6.45) is 0. The highest BCUT2D eigenvalue weighted by Gasteiger charge is 2.18. The molecule has 6 heteroatoms. The maximum atomic E-state index is 9.07. The number of benzene rings is 1. The van der Waals surface area contributed by atoms with Gasteiger partial charge in [0.1, 0.15) is 0 Å². The molecule has 0 amide bonds. The fourth-order valence-electron chi connectivity index (χ4n) is 2.71. The molecule has 2 heterocycles. The van der Waals surface area contributed by atoms with E-state index in [0.717, 1.165) is 44.8 Å². The van der Waals surface area contributed by atoms with Crippen LogP contribution in [-0.4, -0.2) is 51.2 Å². The molecule has 1 fully saturated rings. The fourth-order valence-corrected chi connectivity index (χ4v) is 2.71. The van der Waals surface area contributed by atoms with E-state index in [1.807, 2.05) is 19.1 Å². The molecule has 0 aliphatic carbocycles. The first-order valence-corrected chi connectivity index (χ1v) is 7.65. The predicted molar refractivity (Wildman–Crippen MR) is 82.0 cm³/mol. The summed E-state index contributed by atoms with van der Waals surface area (Å²) in [4.78, 5) is 9.05. The number of nitrogens with zero attached hydrogens (tertiary/aromatic N) is 4. The van der Waals surface area contributed by atoms with E-state index in [0.29, 0.717) is 11.7 Å². The van der Waals surface area contributed by atoms with Gasteiger partial charge in [0, 0.05) is 32.7 Å². The van der Waals surface area contributed by atoms with E-state index in [4.69, 9.17) is 9.63 Å². The molecular weight excluding hydrogens is 280 g/mol. The molecule has 2 aromatic rings. The number of aryl methyl sites for hydroxylation is 1. The van der Waals surface area contributed by atoms with E-state index >= 15 is 0 Å². The van der Waals surface area contributed by atoms with Crippen LogP contribution in [0.1, 0.15) is 22.8 Å². The summed E-state index contributed by atoms with van der Waals surface area (Å²) < 4.78 is 5.17. The van der Waals surface area contributed by atoms with Gasteiger partial charge in [-0.15, -0.1) is 0 Å². The van der Waals surface area contributed by atoms with E-state index in [1.54, 1.807) is 0 Å². The van der Waals surface area contributed by atoms with Crippen molar-refractivity contribution in [2.75, 3.05) is 26.2 Å². The third-order valence-corrected chi connectivity index (χ3v) is 4.01. The summed E-state index contributed by atoms with van der Waals surface area (Å²) in [6, 6.07) is 8.17. The Morgan fingerprint density at radius 3 is 2.14 bits per heavy atom. The molecule has 0 saturated carbocycles.